The van der Waals surface area contributed by atoms with E-state index in [1.807, 2.05) is 7.05 Å². The van der Waals surface area contributed by atoms with Gasteiger partial charge in [0.15, 0.2) is 0 Å². The molecule has 1 rings (SSSR count). The Labute approximate surface area is 95.4 Å². The van der Waals surface area contributed by atoms with Crippen LogP contribution in [0.2, 0.25) is 0 Å². The van der Waals surface area contributed by atoms with Crippen LogP contribution in [0.3, 0.4) is 0 Å². The zero-order valence-electron chi connectivity index (χ0n) is 10.8. The highest BCUT2D eigenvalue weighted by atomic mass is 15.1. The van der Waals surface area contributed by atoms with Crippen molar-refractivity contribution in [3.05, 3.63) is 0 Å². The summed E-state index contributed by atoms with van der Waals surface area (Å²) in [5.41, 5.74) is 0.559. The molecule has 0 aromatic heterocycles. The first-order valence-corrected chi connectivity index (χ1v) is 6.51. The minimum absolute atomic E-state index is 0.559. The van der Waals surface area contributed by atoms with E-state index < -0.39 is 0 Å². The molecular weight excluding hydrogens is 184 g/mol. The van der Waals surface area contributed by atoms with Crippen molar-refractivity contribution >= 4 is 0 Å². The zero-order valence-corrected chi connectivity index (χ0v) is 10.8. The van der Waals surface area contributed by atoms with E-state index in [0.717, 1.165) is 0 Å². The highest BCUT2D eigenvalue weighted by molar-refractivity contribution is 4.79. The second kappa shape index (κ2) is 6.49. The molecule has 0 spiro atoms. The van der Waals surface area contributed by atoms with E-state index in [1.54, 1.807) is 0 Å². The SMILES string of the molecule is CNCCCCCN1CCCC(C)(C)C1. The second-order valence-electron chi connectivity index (χ2n) is 5.71. The lowest BCUT2D eigenvalue weighted by Gasteiger charge is -2.38. The van der Waals surface area contributed by atoms with Crippen LogP contribution in [0, 0.1) is 5.41 Å². The Hall–Kier alpha value is -0.0800. The number of nitrogens with zero attached hydrogens (tertiary/aromatic N) is 1. The van der Waals surface area contributed by atoms with Crippen molar-refractivity contribution in [2.75, 3.05) is 33.2 Å². The number of unbranched alkanes of at least 4 members (excludes halogenated alkanes) is 2. The Bertz CT molecular complexity index is 166. The quantitative estimate of drug-likeness (QED) is 0.681. The summed E-state index contributed by atoms with van der Waals surface area (Å²) in [6.07, 6.45) is 6.87. The maximum absolute atomic E-state index is 3.21. The highest BCUT2D eigenvalue weighted by Crippen LogP contribution is 2.28. The minimum Gasteiger partial charge on any atom is -0.320 e. The third kappa shape index (κ3) is 5.53. The zero-order chi connectivity index (χ0) is 11.1. The average Bonchev–Trinajstić information content (AvgIpc) is 2.16. The molecule has 1 aliphatic heterocycles. The number of hydrogen-bond acceptors (Lipinski definition) is 2. The van der Waals surface area contributed by atoms with Crippen LogP contribution in [0.4, 0.5) is 0 Å². The van der Waals surface area contributed by atoms with Gasteiger partial charge < -0.3 is 10.2 Å². The minimum atomic E-state index is 0.559. The Kier molecular flexibility index (Phi) is 5.62. The van der Waals surface area contributed by atoms with Gasteiger partial charge >= 0.3 is 0 Å². The van der Waals surface area contributed by atoms with Gasteiger partial charge in [-0.3, -0.25) is 0 Å². The molecular formula is C13H28N2. The van der Waals surface area contributed by atoms with Crippen LogP contribution in [0.1, 0.15) is 46.0 Å². The van der Waals surface area contributed by atoms with Crippen LogP contribution in [-0.4, -0.2) is 38.1 Å². The molecule has 1 fully saturated rings. The summed E-state index contributed by atoms with van der Waals surface area (Å²) in [5, 5.41) is 3.21. The predicted octanol–water partition coefficient (Wildman–Crippen LogP) is 2.50. The standard InChI is InChI=1S/C13H28N2/c1-13(2)8-7-11-15(12-13)10-6-4-5-9-14-3/h14H,4-12H2,1-3H3. The van der Waals surface area contributed by atoms with Crippen LogP contribution in [0.5, 0.6) is 0 Å². The van der Waals surface area contributed by atoms with Crippen molar-refractivity contribution in [1.29, 1.82) is 0 Å². The van der Waals surface area contributed by atoms with Crippen molar-refractivity contribution in [3.8, 4) is 0 Å². The fourth-order valence-corrected chi connectivity index (χ4v) is 2.55. The third-order valence-corrected chi connectivity index (χ3v) is 3.38. The van der Waals surface area contributed by atoms with E-state index >= 15 is 0 Å². The Morgan fingerprint density at radius 1 is 1.20 bits per heavy atom. The maximum atomic E-state index is 3.21. The molecule has 15 heavy (non-hydrogen) atoms. The van der Waals surface area contributed by atoms with Gasteiger partial charge in [0.1, 0.15) is 0 Å². The molecule has 0 unspecified atom stereocenters. The van der Waals surface area contributed by atoms with E-state index in [9.17, 15) is 0 Å². The van der Waals surface area contributed by atoms with Gasteiger partial charge in [0.05, 0.1) is 0 Å². The third-order valence-electron chi connectivity index (χ3n) is 3.38. The van der Waals surface area contributed by atoms with Crippen LogP contribution in [-0.2, 0) is 0 Å². The molecule has 90 valence electrons. The van der Waals surface area contributed by atoms with Crippen LogP contribution in [0.15, 0.2) is 0 Å². The fourth-order valence-electron chi connectivity index (χ4n) is 2.55. The van der Waals surface area contributed by atoms with Gasteiger partial charge in [-0.05, 0) is 57.8 Å². The van der Waals surface area contributed by atoms with Crippen molar-refractivity contribution in [1.82, 2.24) is 10.2 Å². The molecule has 1 saturated heterocycles. The Morgan fingerprint density at radius 3 is 2.67 bits per heavy atom. The molecule has 1 N–H and O–H groups in total. The van der Waals surface area contributed by atoms with Gasteiger partial charge in [0.25, 0.3) is 0 Å². The molecule has 0 amide bonds. The molecule has 1 heterocycles. The molecule has 0 aromatic rings. The van der Waals surface area contributed by atoms with Crippen LogP contribution >= 0.6 is 0 Å². The van der Waals surface area contributed by atoms with Gasteiger partial charge in [0, 0.05) is 6.54 Å². The summed E-state index contributed by atoms with van der Waals surface area (Å²) in [6, 6.07) is 0. The fraction of sp³-hybridized carbons (Fsp3) is 1.00. The largest absolute Gasteiger partial charge is 0.320 e. The molecule has 0 aliphatic carbocycles. The number of nitrogens with one attached hydrogen (secondary N) is 1. The molecule has 2 nitrogen and oxygen atoms in total. The van der Waals surface area contributed by atoms with Gasteiger partial charge in [-0.2, -0.15) is 0 Å². The first-order valence-electron chi connectivity index (χ1n) is 6.51. The van der Waals surface area contributed by atoms with E-state index in [0.29, 0.717) is 5.41 Å². The van der Waals surface area contributed by atoms with Crippen LogP contribution in [0.25, 0.3) is 0 Å². The first-order chi connectivity index (χ1) is 7.14. The van der Waals surface area contributed by atoms with Crippen molar-refractivity contribution in [2.45, 2.75) is 46.0 Å². The average molecular weight is 212 g/mol. The molecule has 0 saturated carbocycles. The molecule has 2 heteroatoms. The Morgan fingerprint density at radius 2 is 2.00 bits per heavy atom. The molecule has 0 atom stereocenters. The van der Waals surface area contributed by atoms with E-state index in [2.05, 4.69) is 24.1 Å². The summed E-state index contributed by atoms with van der Waals surface area (Å²) in [5.74, 6) is 0. The lowest BCUT2D eigenvalue weighted by atomic mass is 9.84. The molecule has 0 bridgehead atoms. The summed E-state index contributed by atoms with van der Waals surface area (Å²) in [6.45, 7) is 9.92. The topological polar surface area (TPSA) is 15.3 Å². The highest BCUT2D eigenvalue weighted by Gasteiger charge is 2.25. The second-order valence-corrected chi connectivity index (χ2v) is 5.71. The normalized spacial score (nSPS) is 21.8. The smallest absolute Gasteiger partial charge is 0.00327 e. The van der Waals surface area contributed by atoms with E-state index in [1.165, 1.54) is 58.3 Å². The summed E-state index contributed by atoms with van der Waals surface area (Å²) in [7, 11) is 2.03. The van der Waals surface area contributed by atoms with Crippen molar-refractivity contribution in [3.63, 3.8) is 0 Å². The number of rotatable bonds is 6. The number of likely N-dealkylation sites (tertiary alicyclic amines) is 1. The van der Waals surface area contributed by atoms with Crippen LogP contribution < -0.4 is 5.32 Å². The predicted molar refractivity (Wildman–Crippen MR) is 67.2 cm³/mol. The van der Waals surface area contributed by atoms with E-state index in [4.69, 9.17) is 0 Å². The van der Waals surface area contributed by atoms with Crippen molar-refractivity contribution in [2.24, 2.45) is 5.41 Å². The van der Waals surface area contributed by atoms with Gasteiger partial charge in [-0.15, -0.1) is 0 Å². The molecule has 0 aromatic carbocycles. The maximum Gasteiger partial charge on any atom is 0.00327 e. The number of piperidine rings is 1. The lowest BCUT2D eigenvalue weighted by Crippen LogP contribution is -2.40. The first kappa shape index (κ1) is 13.0. The van der Waals surface area contributed by atoms with Gasteiger partial charge in [0.2, 0.25) is 0 Å². The number of hydrogen-bond donors (Lipinski definition) is 1. The lowest BCUT2D eigenvalue weighted by molar-refractivity contribution is 0.116. The van der Waals surface area contributed by atoms with Crippen molar-refractivity contribution < 1.29 is 0 Å². The monoisotopic (exact) mass is 212 g/mol. The summed E-state index contributed by atoms with van der Waals surface area (Å²) < 4.78 is 0. The molecule has 0 radical (unpaired) electrons. The summed E-state index contributed by atoms with van der Waals surface area (Å²) >= 11 is 0. The Balaban J connectivity index is 2.05. The van der Waals surface area contributed by atoms with E-state index in [-0.39, 0.29) is 0 Å². The summed E-state index contributed by atoms with van der Waals surface area (Å²) in [4.78, 5) is 2.66. The molecule has 1 aliphatic rings. The van der Waals surface area contributed by atoms with Gasteiger partial charge in [-0.25, -0.2) is 0 Å². The van der Waals surface area contributed by atoms with Gasteiger partial charge in [-0.1, -0.05) is 20.3 Å².